The second-order valence-electron chi connectivity index (χ2n) is 2.91. The minimum Gasteiger partial charge on any atom is -0.462 e. The first kappa shape index (κ1) is 13.4. The van der Waals surface area contributed by atoms with E-state index < -0.39 is 18.8 Å². The van der Waals surface area contributed by atoms with Crippen molar-refractivity contribution in [3.8, 4) is 0 Å². The van der Waals surface area contributed by atoms with Crippen LogP contribution in [0, 0.1) is 0 Å². The van der Waals surface area contributed by atoms with Crippen molar-refractivity contribution < 1.29 is 31.9 Å². The third-order valence-electron chi connectivity index (χ3n) is 1.55. The Morgan fingerprint density at radius 3 is 2.71 bits per heavy atom. The van der Waals surface area contributed by atoms with E-state index in [1.807, 2.05) is 0 Å². The molecule has 0 aliphatic carbocycles. The number of halogens is 3. The molecule has 17 heavy (non-hydrogen) atoms. The van der Waals surface area contributed by atoms with Crippen LogP contribution in [0.3, 0.4) is 0 Å². The number of hydrogen-bond acceptors (Lipinski definition) is 6. The first-order chi connectivity index (χ1) is 7.92. The van der Waals surface area contributed by atoms with E-state index in [-0.39, 0.29) is 24.8 Å². The van der Waals surface area contributed by atoms with Gasteiger partial charge in [-0.05, 0) is 0 Å². The molecule has 1 rings (SSSR count). The summed E-state index contributed by atoms with van der Waals surface area (Å²) < 4.78 is 48.5. The van der Waals surface area contributed by atoms with Crippen LogP contribution < -0.4 is 0 Å². The van der Waals surface area contributed by atoms with Crippen LogP contribution in [0.2, 0.25) is 0 Å². The number of carbonyl (C=O) groups is 1. The monoisotopic (exact) mass is 254 g/mol. The molecule has 9 heteroatoms. The Kier molecular flexibility index (Phi) is 4.44. The summed E-state index contributed by atoms with van der Waals surface area (Å²) in [5.74, 6) is -1.15. The fourth-order valence-corrected chi connectivity index (χ4v) is 0.872. The van der Waals surface area contributed by atoms with E-state index in [2.05, 4.69) is 19.7 Å². The lowest BCUT2D eigenvalue weighted by Gasteiger charge is -2.05. The summed E-state index contributed by atoms with van der Waals surface area (Å²) in [7, 11) is 1.14. The number of esters is 1. The smallest absolute Gasteiger partial charge is 0.411 e. The van der Waals surface area contributed by atoms with E-state index in [0.29, 0.717) is 0 Å². The van der Waals surface area contributed by atoms with Crippen LogP contribution in [0.1, 0.15) is 16.6 Å². The molecule has 0 saturated carbocycles. The molecule has 0 amide bonds. The van der Waals surface area contributed by atoms with Gasteiger partial charge in [0.2, 0.25) is 5.89 Å². The van der Waals surface area contributed by atoms with Gasteiger partial charge in [0.25, 0.3) is 0 Å². The quantitative estimate of drug-likeness (QED) is 0.576. The number of carbonyl (C=O) groups excluding carboxylic acids is 1. The molecule has 0 bridgehead atoms. The van der Waals surface area contributed by atoms with Crippen LogP contribution in [0.4, 0.5) is 13.2 Å². The third-order valence-corrected chi connectivity index (χ3v) is 1.55. The summed E-state index contributed by atoms with van der Waals surface area (Å²) in [6.45, 7) is -1.58. The summed E-state index contributed by atoms with van der Waals surface area (Å²) in [5.41, 5.74) is 0. The van der Waals surface area contributed by atoms with Gasteiger partial charge in [-0.15, -0.1) is 10.2 Å². The lowest BCUT2D eigenvalue weighted by atomic mass is 10.4. The van der Waals surface area contributed by atoms with Crippen molar-refractivity contribution in [2.75, 3.05) is 20.3 Å². The minimum absolute atomic E-state index is 0.00701. The zero-order chi connectivity index (χ0) is 12.9. The van der Waals surface area contributed by atoms with Gasteiger partial charge in [-0.1, -0.05) is 0 Å². The van der Waals surface area contributed by atoms with E-state index in [9.17, 15) is 18.0 Å². The van der Waals surface area contributed by atoms with Gasteiger partial charge in [-0.25, -0.2) is 4.79 Å². The molecule has 0 aliphatic heterocycles. The van der Waals surface area contributed by atoms with E-state index in [1.54, 1.807) is 0 Å². The summed E-state index contributed by atoms with van der Waals surface area (Å²) in [6.07, 6.45) is -4.38. The van der Waals surface area contributed by atoms with Crippen LogP contribution in [-0.4, -0.2) is 42.7 Å². The van der Waals surface area contributed by atoms with Crippen molar-refractivity contribution in [1.82, 2.24) is 10.2 Å². The van der Waals surface area contributed by atoms with Crippen molar-refractivity contribution in [3.63, 3.8) is 0 Å². The molecule has 0 atom stereocenters. The van der Waals surface area contributed by atoms with Crippen LogP contribution in [0.15, 0.2) is 4.42 Å². The highest BCUT2D eigenvalue weighted by Crippen LogP contribution is 2.14. The van der Waals surface area contributed by atoms with Gasteiger partial charge >= 0.3 is 18.0 Å². The lowest BCUT2D eigenvalue weighted by Crippen LogP contribution is -2.18. The molecule has 6 nitrogen and oxygen atoms in total. The molecule has 0 saturated heterocycles. The first-order valence-electron chi connectivity index (χ1n) is 4.47. The SMILES string of the molecule is COC(=O)c1nnc(CCOCC(F)(F)F)o1. The number of nitrogens with zero attached hydrogens (tertiary/aromatic N) is 2. The van der Waals surface area contributed by atoms with Crippen molar-refractivity contribution in [2.24, 2.45) is 0 Å². The molecule has 0 aliphatic rings. The Morgan fingerprint density at radius 2 is 2.12 bits per heavy atom. The summed E-state index contributed by atoms with van der Waals surface area (Å²) in [4.78, 5) is 10.9. The van der Waals surface area contributed by atoms with Crippen LogP contribution in [-0.2, 0) is 15.9 Å². The van der Waals surface area contributed by atoms with Gasteiger partial charge in [0, 0.05) is 6.42 Å². The topological polar surface area (TPSA) is 74.5 Å². The molecule has 1 aromatic heterocycles. The zero-order valence-electron chi connectivity index (χ0n) is 8.78. The molecule has 0 N–H and O–H groups in total. The second kappa shape index (κ2) is 5.62. The van der Waals surface area contributed by atoms with Crippen molar-refractivity contribution in [2.45, 2.75) is 12.6 Å². The number of ether oxygens (including phenoxy) is 2. The molecule has 0 radical (unpaired) electrons. The molecule has 0 spiro atoms. The number of methoxy groups -OCH3 is 1. The Balaban J connectivity index is 2.33. The normalized spacial score (nSPS) is 11.5. The van der Waals surface area contributed by atoms with Crippen LogP contribution in [0.5, 0.6) is 0 Å². The fraction of sp³-hybridized carbons (Fsp3) is 0.625. The molecule has 1 aromatic rings. The Morgan fingerprint density at radius 1 is 1.41 bits per heavy atom. The maximum absolute atomic E-state index is 11.7. The average Bonchev–Trinajstić information content (AvgIpc) is 2.70. The lowest BCUT2D eigenvalue weighted by molar-refractivity contribution is -0.173. The van der Waals surface area contributed by atoms with Crippen molar-refractivity contribution in [1.29, 1.82) is 0 Å². The Hall–Kier alpha value is -1.64. The fourth-order valence-electron chi connectivity index (χ4n) is 0.872. The maximum atomic E-state index is 11.7. The van der Waals surface area contributed by atoms with Gasteiger partial charge in [-0.3, -0.25) is 0 Å². The largest absolute Gasteiger partial charge is 0.462 e. The van der Waals surface area contributed by atoms with E-state index >= 15 is 0 Å². The third kappa shape index (κ3) is 4.81. The standard InChI is InChI=1S/C8H9F3N2O4/c1-15-7(14)6-13-12-5(17-6)2-3-16-4-8(9,10)11/h2-4H2,1H3. The molecule has 96 valence electrons. The van der Waals surface area contributed by atoms with Crippen LogP contribution in [0.25, 0.3) is 0 Å². The predicted octanol–water partition coefficient (Wildman–Crippen LogP) is 0.978. The summed E-state index contributed by atoms with van der Waals surface area (Å²) >= 11 is 0. The number of aromatic nitrogens is 2. The number of alkyl halides is 3. The van der Waals surface area contributed by atoms with Crippen molar-refractivity contribution >= 4 is 5.97 Å². The highest BCUT2D eigenvalue weighted by atomic mass is 19.4. The van der Waals surface area contributed by atoms with Gasteiger partial charge in [0.1, 0.15) is 6.61 Å². The molecule has 0 unspecified atom stereocenters. The molecule has 0 aromatic carbocycles. The predicted molar refractivity (Wildman–Crippen MR) is 46.2 cm³/mol. The highest BCUT2D eigenvalue weighted by Gasteiger charge is 2.27. The number of rotatable bonds is 5. The first-order valence-corrected chi connectivity index (χ1v) is 4.47. The van der Waals surface area contributed by atoms with Gasteiger partial charge < -0.3 is 13.9 Å². The van der Waals surface area contributed by atoms with Crippen LogP contribution >= 0.6 is 0 Å². The van der Waals surface area contributed by atoms with Gasteiger partial charge in [0.05, 0.1) is 13.7 Å². The molecular weight excluding hydrogens is 245 g/mol. The summed E-state index contributed by atoms with van der Waals surface area (Å²) in [5, 5.41) is 6.79. The second-order valence-corrected chi connectivity index (χ2v) is 2.91. The average molecular weight is 254 g/mol. The molecule has 1 heterocycles. The van der Waals surface area contributed by atoms with E-state index in [4.69, 9.17) is 4.42 Å². The zero-order valence-corrected chi connectivity index (χ0v) is 8.78. The van der Waals surface area contributed by atoms with Gasteiger partial charge in [-0.2, -0.15) is 13.2 Å². The van der Waals surface area contributed by atoms with E-state index in [1.165, 1.54) is 0 Å². The molecule has 0 fully saturated rings. The summed E-state index contributed by atoms with van der Waals surface area (Å²) in [6, 6.07) is 0. The Labute approximate surface area is 93.7 Å². The van der Waals surface area contributed by atoms with Crippen molar-refractivity contribution in [3.05, 3.63) is 11.8 Å². The Bertz CT molecular complexity index is 377. The van der Waals surface area contributed by atoms with Gasteiger partial charge in [0.15, 0.2) is 0 Å². The maximum Gasteiger partial charge on any atom is 0.411 e. The van der Waals surface area contributed by atoms with E-state index in [0.717, 1.165) is 7.11 Å². The highest BCUT2D eigenvalue weighted by molar-refractivity contribution is 5.83. The number of hydrogen-bond donors (Lipinski definition) is 0. The molecular formula is C8H9F3N2O4. The minimum atomic E-state index is -4.37.